The van der Waals surface area contributed by atoms with E-state index in [0.717, 1.165) is 41.2 Å². The molecule has 0 atom stereocenters. The van der Waals surface area contributed by atoms with Crippen molar-refractivity contribution in [1.29, 1.82) is 0 Å². The zero-order valence-corrected chi connectivity index (χ0v) is 17.8. The maximum atomic E-state index is 12.3. The number of nitrogens with zero attached hydrogens (tertiary/aromatic N) is 1. The third-order valence-electron chi connectivity index (χ3n) is 4.85. The average Bonchev–Trinajstić information content (AvgIpc) is 2.95. The monoisotopic (exact) mass is 443 g/mol. The van der Waals surface area contributed by atoms with E-state index in [4.69, 9.17) is 4.74 Å². The van der Waals surface area contributed by atoms with Crippen LogP contribution in [0.2, 0.25) is 0 Å². The van der Waals surface area contributed by atoms with Crippen LogP contribution in [0.5, 0.6) is 6.01 Å². The van der Waals surface area contributed by atoms with Gasteiger partial charge < -0.3 is 9.72 Å². The standard InChI is InChI=1S/C18H26BrN3O3S/c1-18(2,3)26(23,24)22-14-7-4-12(5-8-14)11-25-17-20-15-9-6-13(19)10-16(15)21-17/h6,9-10,12,14,22H,4-5,7-8,11H2,1-3H3,(H,20,21). The van der Waals surface area contributed by atoms with E-state index in [9.17, 15) is 8.42 Å². The lowest BCUT2D eigenvalue weighted by Gasteiger charge is -2.31. The Kier molecular flexibility index (Phi) is 5.65. The van der Waals surface area contributed by atoms with Gasteiger partial charge in [-0.1, -0.05) is 15.9 Å². The van der Waals surface area contributed by atoms with Gasteiger partial charge in [0, 0.05) is 10.5 Å². The van der Waals surface area contributed by atoms with Gasteiger partial charge in [0.25, 0.3) is 6.01 Å². The Labute approximate surface area is 163 Å². The second-order valence-electron chi connectivity index (χ2n) is 7.97. The van der Waals surface area contributed by atoms with E-state index in [2.05, 4.69) is 30.6 Å². The lowest BCUT2D eigenvalue weighted by Crippen LogP contribution is -2.46. The van der Waals surface area contributed by atoms with Gasteiger partial charge in [0.1, 0.15) is 0 Å². The highest BCUT2D eigenvalue weighted by molar-refractivity contribution is 9.10. The van der Waals surface area contributed by atoms with Crippen LogP contribution in [0.4, 0.5) is 0 Å². The SMILES string of the molecule is CC(C)(C)S(=O)(=O)NC1CCC(COc2nc3ccc(Br)cc3[nH]2)CC1. The minimum absolute atomic E-state index is 0.0269. The van der Waals surface area contributed by atoms with Gasteiger partial charge in [0.05, 0.1) is 22.4 Å². The van der Waals surface area contributed by atoms with Crippen molar-refractivity contribution in [2.24, 2.45) is 5.92 Å². The molecule has 6 nitrogen and oxygen atoms in total. The number of halogens is 1. The molecule has 0 spiro atoms. The van der Waals surface area contributed by atoms with Crippen molar-refractivity contribution in [3.63, 3.8) is 0 Å². The van der Waals surface area contributed by atoms with Crippen LogP contribution >= 0.6 is 15.9 Å². The Hall–Kier alpha value is -1.12. The van der Waals surface area contributed by atoms with Crippen LogP contribution in [0.3, 0.4) is 0 Å². The molecule has 2 aromatic rings. The number of benzene rings is 1. The first-order valence-corrected chi connectivity index (χ1v) is 11.2. The summed E-state index contributed by atoms with van der Waals surface area (Å²) in [6, 6.07) is 6.43. The molecule has 144 valence electrons. The van der Waals surface area contributed by atoms with E-state index in [1.54, 1.807) is 20.8 Å². The maximum Gasteiger partial charge on any atom is 0.294 e. The molecule has 3 rings (SSSR count). The molecule has 0 unspecified atom stereocenters. The molecule has 0 bridgehead atoms. The van der Waals surface area contributed by atoms with Crippen LogP contribution in [0.1, 0.15) is 46.5 Å². The summed E-state index contributed by atoms with van der Waals surface area (Å²) in [6.45, 7) is 5.77. The molecule has 8 heteroatoms. The maximum absolute atomic E-state index is 12.3. The third-order valence-corrected chi connectivity index (χ3v) is 7.60. The van der Waals surface area contributed by atoms with Crippen molar-refractivity contribution in [2.45, 2.75) is 57.2 Å². The predicted molar refractivity (Wildman–Crippen MR) is 107 cm³/mol. The lowest BCUT2D eigenvalue weighted by atomic mass is 9.87. The van der Waals surface area contributed by atoms with Gasteiger partial charge in [-0.25, -0.2) is 13.1 Å². The van der Waals surface area contributed by atoms with Crippen LogP contribution in [0.25, 0.3) is 11.0 Å². The van der Waals surface area contributed by atoms with Crippen molar-refractivity contribution in [3.8, 4) is 6.01 Å². The fourth-order valence-electron chi connectivity index (χ4n) is 3.07. The molecule has 26 heavy (non-hydrogen) atoms. The first-order valence-electron chi connectivity index (χ1n) is 8.94. The number of aromatic nitrogens is 2. The number of hydrogen-bond donors (Lipinski definition) is 2. The number of sulfonamides is 1. The van der Waals surface area contributed by atoms with Gasteiger partial charge in [-0.2, -0.15) is 4.98 Å². The fourth-order valence-corrected chi connectivity index (χ4v) is 4.46. The molecule has 1 aliphatic carbocycles. The van der Waals surface area contributed by atoms with Gasteiger partial charge in [-0.15, -0.1) is 0 Å². The second-order valence-corrected chi connectivity index (χ2v) is 11.3. The Morgan fingerprint density at radius 3 is 2.62 bits per heavy atom. The summed E-state index contributed by atoms with van der Waals surface area (Å²) in [6.07, 6.45) is 3.58. The van der Waals surface area contributed by atoms with Crippen LogP contribution in [-0.2, 0) is 10.0 Å². The molecule has 0 saturated heterocycles. The van der Waals surface area contributed by atoms with Crippen molar-refractivity contribution in [1.82, 2.24) is 14.7 Å². The Morgan fingerprint density at radius 2 is 1.96 bits per heavy atom. The first kappa shape index (κ1) is 19.6. The quantitative estimate of drug-likeness (QED) is 0.731. The summed E-state index contributed by atoms with van der Waals surface area (Å²) in [5.74, 6) is 0.422. The summed E-state index contributed by atoms with van der Waals surface area (Å²) in [7, 11) is -3.29. The summed E-state index contributed by atoms with van der Waals surface area (Å²) in [5, 5.41) is 0. The highest BCUT2D eigenvalue weighted by atomic mass is 79.9. The summed E-state index contributed by atoms with van der Waals surface area (Å²) in [4.78, 5) is 7.62. The smallest absolute Gasteiger partial charge is 0.294 e. The molecule has 1 aliphatic rings. The molecule has 1 heterocycles. The summed E-state index contributed by atoms with van der Waals surface area (Å²) < 4.78 is 33.5. The summed E-state index contributed by atoms with van der Waals surface area (Å²) in [5.41, 5.74) is 1.82. The Bertz CT molecular complexity index is 865. The molecule has 1 saturated carbocycles. The molecule has 1 aromatic heterocycles. The van der Waals surface area contributed by atoms with Gasteiger partial charge in [-0.05, 0) is 70.6 Å². The van der Waals surface area contributed by atoms with E-state index < -0.39 is 14.8 Å². The molecule has 2 N–H and O–H groups in total. The van der Waals surface area contributed by atoms with Crippen LogP contribution in [0, 0.1) is 5.92 Å². The van der Waals surface area contributed by atoms with Crippen LogP contribution in [0.15, 0.2) is 22.7 Å². The molecule has 0 amide bonds. The van der Waals surface area contributed by atoms with Crippen LogP contribution < -0.4 is 9.46 Å². The zero-order valence-electron chi connectivity index (χ0n) is 15.4. The van der Waals surface area contributed by atoms with Crippen LogP contribution in [-0.4, -0.2) is 35.8 Å². The molecule has 1 aromatic carbocycles. The number of nitrogens with one attached hydrogen (secondary N) is 2. The fraction of sp³-hybridized carbons (Fsp3) is 0.611. The van der Waals surface area contributed by atoms with Gasteiger partial charge >= 0.3 is 0 Å². The second kappa shape index (κ2) is 7.48. The van der Waals surface area contributed by atoms with Gasteiger partial charge in [-0.3, -0.25) is 0 Å². The van der Waals surface area contributed by atoms with Gasteiger partial charge in [0.15, 0.2) is 0 Å². The Morgan fingerprint density at radius 1 is 1.27 bits per heavy atom. The normalized spacial score (nSPS) is 21.8. The predicted octanol–water partition coefficient (Wildman–Crippen LogP) is 3.98. The minimum Gasteiger partial charge on any atom is -0.465 e. The number of H-pyrrole nitrogens is 1. The first-order chi connectivity index (χ1) is 12.1. The molecular weight excluding hydrogens is 418 g/mol. The van der Waals surface area contributed by atoms with Crippen molar-refractivity contribution < 1.29 is 13.2 Å². The van der Waals surface area contributed by atoms with Crippen molar-refractivity contribution in [2.75, 3.05) is 6.61 Å². The average molecular weight is 444 g/mol. The van der Waals surface area contributed by atoms with E-state index in [-0.39, 0.29) is 6.04 Å². The van der Waals surface area contributed by atoms with E-state index >= 15 is 0 Å². The molecule has 0 radical (unpaired) electrons. The van der Waals surface area contributed by atoms with Crippen molar-refractivity contribution >= 4 is 37.0 Å². The number of hydrogen-bond acceptors (Lipinski definition) is 4. The molecular formula is C18H26BrN3O3S. The lowest BCUT2D eigenvalue weighted by molar-refractivity contribution is 0.188. The number of rotatable bonds is 5. The number of imidazole rings is 1. The number of aromatic amines is 1. The van der Waals surface area contributed by atoms with Crippen molar-refractivity contribution in [3.05, 3.63) is 22.7 Å². The van der Waals surface area contributed by atoms with Gasteiger partial charge in [0.2, 0.25) is 10.0 Å². The zero-order chi connectivity index (χ0) is 18.9. The third kappa shape index (κ3) is 4.58. The Balaban J connectivity index is 1.49. The number of ether oxygens (including phenoxy) is 1. The highest BCUT2D eigenvalue weighted by Crippen LogP contribution is 2.27. The largest absolute Gasteiger partial charge is 0.465 e. The minimum atomic E-state index is -3.29. The molecule has 0 aliphatic heterocycles. The molecule has 1 fully saturated rings. The van der Waals surface area contributed by atoms with E-state index in [1.165, 1.54) is 0 Å². The topological polar surface area (TPSA) is 84.1 Å². The summed E-state index contributed by atoms with van der Waals surface area (Å²) >= 11 is 3.44. The highest BCUT2D eigenvalue weighted by Gasteiger charge is 2.32. The van der Waals surface area contributed by atoms with E-state index in [1.807, 2.05) is 18.2 Å². The number of fused-ring (bicyclic) bond motifs is 1. The van der Waals surface area contributed by atoms with E-state index in [0.29, 0.717) is 18.5 Å².